The molecule has 0 spiro atoms. The van der Waals surface area contributed by atoms with E-state index in [0.29, 0.717) is 19.4 Å². The fourth-order valence-electron chi connectivity index (χ4n) is 2.27. The molecule has 10 heteroatoms. The summed E-state index contributed by atoms with van der Waals surface area (Å²) in [5.74, 6) is -2.86. The summed E-state index contributed by atoms with van der Waals surface area (Å²) in [5.41, 5.74) is 5.27. The first-order valence-corrected chi connectivity index (χ1v) is 7.24. The topological polar surface area (TPSA) is 162 Å². The van der Waals surface area contributed by atoms with E-state index in [4.69, 9.17) is 15.9 Å². The molecule has 3 atom stereocenters. The van der Waals surface area contributed by atoms with E-state index in [-0.39, 0.29) is 0 Å². The van der Waals surface area contributed by atoms with Crippen molar-refractivity contribution in [3.63, 3.8) is 0 Å². The number of carbonyl (C=O) groups is 4. The van der Waals surface area contributed by atoms with E-state index in [0.717, 1.165) is 0 Å². The fraction of sp³-hybridized carbons (Fsp3) is 0.692. The Hall–Kier alpha value is -2.20. The molecule has 1 fully saturated rings. The predicted molar refractivity (Wildman–Crippen MR) is 78.0 cm³/mol. The number of hydrogen-bond acceptors (Lipinski definition) is 6. The second kappa shape index (κ2) is 8.44. The van der Waals surface area contributed by atoms with Crippen LogP contribution in [0.5, 0.6) is 0 Å². The number of aliphatic hydroxyl groups is 1. The molecule has 3 unspecified atom stereocenters. The molecule has 23 heavy (non-hydrogen) atoms. The minimum atomic E-state index is -1.12. The summed E-state index contributed by atoms with van der Waals surface area (Å²) in [6, 6.07) is -2.90. The Morgan fingerprint density at radius 2 is 2.00 bits per heavy atom. The molecule has 1 saturated heterocycles. The first-order valence-electron chi connectivity index (χ1n) is 7.24. The van der Waals surface area contributed by atoms with Crippen molar-refractivity contribution in [3.8, 4) is 0 Å². The van der Waals surface area contributed by atoms with Crippen LogP contribution < -0.4 is 16.4 Å². The van der Waals surface area contributed by atoms with Gasteiger partial charge in [0.15, 0.2) is 0 Å². The van der Waals surface area contributed by atoms with Crippen LogP contribution in [0, 0.1) is 0 Å². The number of nitrogens with zero attached hydrogens (tertiary/aromatic N) is 1. The number of rotatable bonds is 7. The quantitative estimate of drug-likeness (QED) is 0.332. The lowest BCUT2D eigenvalue weighted by Gasteiger charge is -2.25. The number of nitrogens with one attached hydrogen (secondary N) is 2. The van der Waals surface area contributed by atoms with Crippen molar-refractivity contribution in [3.05, 3.63) is 0 Å². The van der Waals surface area contributed by atoms with Crippen molar-refractivity contribution in [2.75, 3.05) is 19.7 Å². The molecule has 130 valence electrons. The molecular formula is C13H22N4O6. The maximum absolute atomic E-state index is 12.2. The van der Waals surface area contributed by atoms with Gasteiger partial charge in [0.1, 0.15) is 18.1 Å². The lowest BCUT2D eigenvalue weighted by molar-refractivity contribution is -0.149. The van der Waals surface area contributed by atoms with E-state index in [1.165, 1.54) is 11.8 Å². The predicted octanol–water partition coefficient (Wildman–Crippen LogP) is -3.00. The molecule has 10 nitrogen and oxygen atoms in total. The largest absolute Gasteiger partial charge is 0.480 e. The van der Waals surface area contributed by atoms with E-state index < -0.39 is 55.0 Å². The zero-order valence-electron chi connectivity index (χ0n) is 12.8. The number of hydrogen-bond donors (Lipinski definition) is 5. The van der Waals surface area contributed by atoms with E-state index in [2.05, 4.69) is 10.6 Å². The Morgan fingerprint density at radius 3 is 2.57 bits per heavy atom. The summed E-state index contributed by atoms with van der Waals surface area (Å²) in [6.07, 6.45) is 0.981. The van der Waals surface area contributed by atoms with Gasteiger partial charge in [0, 0.05) is 6.54 Å². The van der Waals surface area contributed by atoms with Gasteiger partial charge < -0.3 is 31.5 Å². The van der Waals surface area contributed by atoms with Gasteiger partial charge in [0.25, 0.3) is 0 Å². The second-order valence-corrected chi connectivity index (χ2v) is 5.32. The second-order valence-electron chi connectivity index (χ2n) is 5.32. The van der Waals surface area contributed by atoms with Crippen molar-refractivity contribution >= 4 is 23.7 Å². The van der Waals surface area contributed by atoms with Crippen LogP contribution >= 0.6 is 0 Å². The minimum absolute atomic E-state index is 0.331. The Morgan fingerprint density at radius 1 is 1.35 bits per heavy atom. The zero-order chi connectivity index (χ0) is 17.6. The van der Waals surface area contributed by atoms with Gasteiger partial charge in [-0.1, -0.05) is 0 Å². The summed E-state index contributed by atoms with van der Waals surface area (Å²) >= 11 is 0. The molecule has 1 aliphatic heterocycles. The number of aliphatic carboxylic acids is 1. The van der Waals surface area contributed by atoms with Gasteiger partial charge >= 0.3 is 5.97 Å². The molecule has 1 heterocycles. The molecule has 0 aliphatic carbocycles. The lowest BCUT2D eigenvalue weighted by atomic mass is 10.2. The Balaban J connectivity index is 2.47. The van der Waals surface area contributed by atoms with Crippen LogP contribution in [-0.2, 0) is 19.2 Å². The highest BCUT2D eigenvalue weighted by Gasteiger charge is 2.36. The molecule has 0 aromatic carbocycles. The highest BCUT2D eigenvalue weighted by molar-refractivity contribution is 5.92. The summed E-state index contributed by atoms with van der Waals surface area (Å²) in [4.78, 5) is 47.5. The number of carbonyl (C=O) groups excluding carboxylic acids is 3. The van der Waals surface area contributed by atoms with Gasteiger partial charge in [-0.2, -0.15) is 0 Å². The van der Waals surface area contributed by atoms with Crippen LogP contribution in [0.3, 0.4) is 0 Å². The maximum atomic E-state index is 12.2. The Labute approximate surface area is 133 Å². The number of aliphatic hydroxyl groups excluding tert-OH is 1. The first kappa shape index (κ1) is 18.8. The number of carboxylic acids is 1. The molecule has 1 rings (SSSR count). The number of carboxylic acid groups (broad SMARTS) is 1. The maximum Gasteiger partial charge on any atom is 0.326 e. The average Bonchev–Trinajstić information content (AvgIpc) is 3.00. The van der Waals surface area contributed by atoms with Gasteiger partial charge in [-0.15, -0.1) is 0 Å². The standard InChI is InChI=1S/C13H22N4O6/c1-7(12(21)17-4-2-3-9(17)13(22)23)16-10(19)5-15-11(20)8(14)6-18/h7-9,18H,2-6,14H2,1H3,(H,15,20)(H,16,19)(H,22,23). The lowest BCUT2D eigenvalue weighted by Crippen LogP contribution is -2.52. The van der Waals surface area contributed by atoms with Crippen LogP contribution in [-0.4, -0.2) is 76.6 Å². The Kier molecular flexibility index (Phi) is 6.91. The monoisotopic (exact) mass is 330 g/mol. The van der Waals surface area contributed by atoms with Crippen LogP contribution in [0.25, 0.3) is 0 Å². The van der Waals surface area contributed by atoms with Crippen molar-refractivity contribution < 1.29 is 29.4 Å². The van der Waals surface area contributed by atoms with Gasteiger partial charge in [-0.3, -0.25) is 14.4 Å². The van der Waals surface area contributed by atoms with Gasteiger partial charge in [0.2, 0.25) is 17.7 Å². The van der Waals surface area contributed by atoms with E-state index in [1.807, 2.05) is 0 Å². The molecular weight excluding hydrogens is 308 g/mol. The van der Waals surface area contributed by atoms with E-state index in [1.54, 1.807) is 0 Å². The Bertz CT molecular complexity index is 483. The summed E-state index contributed by atoms with van der Waals surface area (Å²) < 4.78 is 0. The van der Waals surface area contributed by atoms with E-state index >= 15 is 0 Å². The number of likely N-dealkylation sites (tertiary alicyclic amines) is 1. The van der Waals surface area contributed by atoms with Gasteiger partial charge in [0.05, 0.1) is 13.2 Å². The summed E-state index contributed by atoms with van der Waals surface area (Å²) in [5, 5.41) is 22.4. The minimum Gasteiger partial charge on any atom is -0.480 e. The van der Waals surface area contributed by atoms with Crippen LogP contribution in [0.15, 0.2) is 0 Å². The third-order valence-electron chi connectivity index (χ3n) is 3.53. The van der Waals surface area contributed by atoms with Gasteiger partial charge in [-0.05, 0) is 19.8 Å². The molecule has 1 aliphatic rings. The SMILES string of the molecule is CC(NC(=O)CNC(=O)C(N)CO)C(=O)N1CCCC1C(=O)O. The van der Waals surface area contributed by atoms with Crippen LogP contribution in [0.4, 0.5) is 0 Å². The average molecular weight is 330 g/mol. The van der Waals surface area contributed by atoms with Gasteiger partial charge in [-0.25, -0.2) is 4.79 Å². The third kappa shape index (κ3) is 5.18. The third-order valence-corrected chi connectivity index (χ3v) is 3.53. The number of amides is 3. The molecule has 0 saturated carbocycles. The van der Waals surface area contributed by atoms with Crippen molar-refractivity contribution in [2.24, 2.45) is 5.73 Å². The smallest absolute Gasteiger partial charge is 0.326 e. The fourth-order valence-corrected chi connectivity index (χ4v) is 2.27. The molecule has 0 bridgehead atoms. The first-order chi connectivity index (χ1) is 10.8. The molecule has 3 amide bonds. The molecule has 0 radical (unpaired) electrons. The van der Waals surface area contributed by atoms with Crippen molar-refractivity contribution in [1.29, 1.82) is 0 Å². The van der Waals surface area contributed by atoms with Crippen LogP contribution in [0.2, 0.25) is 0 Å². The highest BCUT2D eigenvalue weighted by Crippen LogP contribution is 2.18. The molecule has 0 aromatic heterocycles. The summed E-state index contributed by atoms with van der Waals surface area (Å²) in [6.45, 7) is 0.831. The normalized spacial score (nSPS) is 19.8. The molecule has 0 aromatic rings. The zero-order valence-corrected chi connectivity index (χ0v) is 12.8. The molecule has 6 N–H and O–H groups in total. The van der Waals surface area contributed by atoms with Crippen LogP contribution in [0.1, 0.15) is 19.8 Å². The van der Waals surface area contributed by atoms with Crippen molar-refractivity contribution in [1.82, 2.24) is 15.5 Å². The highest BCUT2D eigenvalue weighted by atomic mass is 16.4. The summed E-state index contributed by atoms with van der Waals surface area (Å²) in [7, 11) is 0. The van der Waals surface area contributed by atoms with E-state index in [9.17, 15) is 19.2 Å². The van der Waals surface area contributed by atoms with Crippen molar-refractivity contribution in [2.45, 2.75) is 37.9 Å². The number of nitrogens with two attached hydrogens (primary N) is 1.